The third-order valence-electron chi connectivity index (χ3n) is 3.94. The van der Waals surface area contributed by atoms with E-state index in [2.05, 4.69) is 10.3 Å². The fourth-order valence-electron chi connectivity index (χ4n) is 2.58. The molecule has 0 aliphatic heterocycles. The number of nitrogens with zero attached hydrogens (tertiary/aromatic N) is 2. The van der Waals surface area contributed by atoms with Gasteiger partial charge in [0.1, 0.15) is 0 Å². The van der Waals surface area contributed by atoms with E-state index in [0.717, 1.165) is 0 Å². The van der Waals surface area contributed by atoms with Crippen molar-refractivity contribution in [1.82, 2.24) is 14.9 Å². The number of carbonyl (C=O) groups is 1. The Bertz CT molecular complexity index is 1080. The predicted molar refractivity (Wildman–Crippen MR) is 116 cm³/mol. The summed E-state index contributed by atoms with van der Waals surface area (Å²) in [6, 6.07) is 12.0. The Labute approximate surface area is 177 Å². The summed E-state index contributed by atoms with van der Waals surface area (Å²) < 4.78 is 1.43. The molecule has 0 fully saturated rings. The van der Waals surface area contributed by atoms with Crippen LogP contribution in [0, 0.1) is 5.92 Å². The quantitative estimate of drug-likeness (QED) is 0.455. The minimum absolute atomic E-state index is 0.116. The number of hydrogen-bond acceptors (Lipinski definition) is 4. The second-order valence-corrected chi connectivity index (χ2v) is 8.42. The van der Waals surface area contributed by atoms with Crippen LogP contribution >= 0.6 is 35.0 Å². The Kier molecular flexibility index (Phi) is 6.65. The van der Waals surface area contributed by atoms with Crippen LogP contribution in [0.4, 0.5) is 0 Å². The molecule has 0 saturated heterocycles. The summed E-state index contributed by atoms with van der Waals surface area (Å²) in [4.78, 5) is 29.9. The van der Waals surface area contributed by atoms with Gasteiger partial charge in [-0.05, 0) is 36.2 Å². The minimum atomic E-state index is -0.250. The monoisotopic (exact) mass is 435 g/mol. The van der Waals surface area contributed by atoms with Gasteiger partial charge in [0, 0.05) is 11.6 Å². The van der Waals surface area contributed by atoms with Gasteiger partial charge in [0.05, 0.1) is 27.4 Å². The molecule has 1 N–H and O–H groups in total. The van der Waals surface area contributed by atoms with E-state index in [1.54, 1.807) is 36.4 Å². The van der Waals surface area contributed by atoms with Gasteiger partial charge < -0.3 is 5.32 Å². The first kappa shape index (κ1) is 20.7. The van der Waals surface area contributed by atoms with Crippen LogP contribution < -0.4 is 10.9 Å². The van der Waals surface area contributed by atoms with E-state index in [-0.39, 0.29) is 17.2 Å². The number of benzene rings is 2. The molecule has 0 aliphatic carbocycles. The van der Waals surface area contributed by atoms with Gasteiger partial charge in [0.15, 0.2) is 5.16 Å². The van der Waals surface area contributed by atoms with Crippen LogP contribution in [0.3, 0.4) is 0 Å². The summed E-state index contributed by atoms with van der Waals surface area (Å²) in [5.41, 5.74) is 0.790. The largest absolute Gasteiger partial charge is 0.355 e. The Balaban J connectivity index is 2.05. The minimum Gasteiger partial charge on any atom is -0.355 e. The smallest absolute Gasteiger partial charge is 0.266 e. The van der Waals surface area contributed by atoms with Crippen molar-refractivity contribution in [2.24, 2.45) is 5.92 Å². The first-order chi connectivity index (χ1) is 13.4. The molecular weight excluding hydrogens is 417 g/mol. The van der Waals surface area contributed by atoms with Crippen LogP contribution in [0.2, 0.25) is 10.0 Å². The third kappa shape index (κ3) is 4.69. The van der Waals surface area contributed by atoms with Crippen LogP contribution in [-0.4, -0.2) is 27.8 Å². The number of amides is 1. The molecule has 1 heterocycles. The van der Waals surface area contributed by atoms with Crippen molar-refractivity contribution < 1.29 is 4.79 Å². The van der Waals surface area contributed by atoms with E-state index >= 15 is 0 Å². The topological polar surface area (TPSA) is 64.0 Å². The molecule has 0 saturated carbocycles. The number of halogens is 2. The second-order valence-electron chi connectivity index (χ2n) is 6.63. The van der Waals surface area contributed by atoms with E-state index in [0.29, 0.717) is 44.3 Å². The molecule has 1 amide bonds. The van der Waals surface area contributed by atoms with E-state index in [1.165, 1.54) is 16.3 Å². The first-order valence-electron chi connectivity index (χ1n) is 8.73. The molecule has 0 unspecified atom stereocenters. The van der Waals surface area contributed by atoms with Crippen molar-refractivity contribution in [1.29, 1.82) is 0 Å². The average Bonchev–Trinajstić information content (AvgIpc) is 2.66. The van der Waals surface area contributed by atoms with Crippen molar-refractivity contribution in [2.45, 2.75) is 19.0 Å². The molecule has 146 valence electrons. The zero-order valence-corrected chi connectivity index (χ0v) is 17.7. The highest BCUT2D eigenvalue weighted by Gasteiger charge is 2.17. The maximum atomic E-state index is 13.2. The lowest BCUT2D eigenvalue weighted by molar-refractivity contribution is -0.118. The third-order valence-corrected chi connectivity index (χ3v) is 5.41. The van der Waals surface area contributed by atoms with Crippen LogP contribution in [-0.2, 0) is 4.79 Å². The summed E-state index contributed by atoms with van der Waals surface area (Å²) in [5, 5.41) is 4.54. The van der Waals surface area contributed by atoms with Gasteiger partial charge in [-0.1, -0.05) is 60.9 Å². The number of aromatic nitrogens is 2. The molecule has 0 bridgehead atoms. The van der Waals surface area contributed by atoms with E-state index in [4.69, 9.17) is 23.2 Å². The molecule has 2 aromatic carbocycles. The van der Waals surface area contributed by atoms with Gasteiger partial charge in [0.25, 0.3) is 5.56 Å². The summed E-state index contributed by atoms with van der Waals surface area (Å²) in [6.07, 6.45) is 0. The molecule has 28 heavy (non-hydrogen) atoms. The molecule has 5 nitrogen and oxygen atoms in total. The zero-order chi connectivity index (χ0) is 20.3. The van der Waals surface area contributed by atoms with Gasteiger partial charge in [-0.25, -0.2) is 4.98 Å². The van der Waals surface area contributed by atoms with E-state index < -0.39 is 0 Å². The lowest BCUT2D eigenvalue weighted by Gasteiger charge is -2.15. The van der Waals surface area contributed by atoms with Gasteiger partial charge in [-0.2, -0.15) is 0 Å². The second kappa shape index (κ2) is 8.99. The molecule has 0 atom stereocenters. The van der Waals surface area contributed by atoms with Gasteiger partial charge in [0.2, 0.25) is 5.91 Å². The fourth-order valence-corrected chi connectivity index (χ4v) is 3.91. The molecule has 3 aromatic rings. The van der Waals surface area contributed by atoms with Gasteiger partial charge in [-0.3, -0.25) is 14.2 Å². The Morgan fingerprint density at radius 3 is 2.68 bits per heavy atom. The molecule has 0 radical (unpaired) electrons. The van der Waals surface area contributed by atoms with Gasteiger partial charge in [-0.15, -0.1) is 0 Å². The maximum absolute atomic E-state index is 13.2. The summed E-state index contributed by atoms with van der Waals surface area (Å²) in [5.74, 6) is 0.386. The molecule has 8 heteroatoms. The van der Waals surface area contributed by atoms with Crippen LogP contribution in [0.15, 0.2) is 52.4 Å². The van der Waals surface area contributed by atoms with Crippen LogP contribution in [0.1, 0.15) is 13.8 Å². The van der Waals surface area contributed by atoms with Gasteiger partial charge >= 0.3 is 0 Å². The summed E-state index contributed by atoms with van der Waals surface area (Å²) >= 11 is 13.5. The lowest BCUT2D eigenvalue weighted by atomic mass is 10.2. The van der Waals surface area contributed by atoms with E-state index in [1.807, 2.05) is 19.9 Å². The number of fused-ring (bicyclic) bond motifs is 1. The number of carbonyl (C=O) groups excluding carboxylic acids is 1. The number of hydrogen-bond donors (Lipinski definition) is 1. The van der Waals surface area contributed by atoms with Crippen LogP contribution in [0.25, 0.3) is 16.6 Å². The highest BCUT2D eigenvalue weighted by molar-refractivity contribution is 7.99. The first-order valence-corrected chi connectivity index (χ1v) is 10.5. The van der Waals surface area contributed by atoms with Crippen molar-refractivity contribution in [3.05, 3.63) is 62.9 Å². The molecule has 1 aromatic heterocycles. The maximum Gasteiger partial charge on any atom is 0.266 e. The number of thioether (sulfide) groups is 1. The van der Waals surface area contributed by atoms with Crippen LogP contribution in [0.5, 0.6) is 0 Å². The molecule has 0 aliphatic rings. The van der Waals surface area contributed by atoms with Crippen molar-refractivity contribution in [3.63, 3.8) is 0 Å². The molecular formula is C20H19Cl2N3O2S. The highest BCUT2D eigenvalue weighted by Crippen LogP contribution is 2.28. The normalized spacial score (nSPS) is 11.2. The lowest BCUT2D eigenvalue weighted by Crippen LogP contribution is -2.29. The summed E-state index contributed by atoms with van der Waals surface area (Å²) in [7, 11) is 0. The summed E-state index contributed by atoms with van der Waals surface area (Å²) in [6.45, 7) is 4.65. The predicted octanol–water partition coefficient (Wildman–Crippen LogP) is 4.56. The average molecular weight is 436 g/mol. The number of para-hydroxylation sites is 1. The Hall–Kier alpha value is -2.02. The standard InChI is InChI=1S/C20H19Cl2N3O2S/c1-12(2)10-23-18(26)11-28-20-24-16-6-4-3-5-14(16)19(27)25(20)17-8-7-13(21)9-15(17)22/h3-9,12H,10-11H2,1-2H3,(H,23,26). The van der Waals surface area contributed by atoms with Crippen molar-refractivity contribution in [3.8, 4) is 5.69 Å². The molecule has 3 rings (SSSR count). The Morgan fingerprint density at radius 1 is 1.21 bits per heavy atom. The zero-order valence-electron chi connectivity index (χ0n) is 15.4. The highest BCUT2D eigenvalue weighted by atomic mass is 35.5. The number of rotatable bonds is 6. The molecule has 0 spiro atoms. The fraction of sp³-hybridized carbons (Fsp3) is 0.250. The van der Waals surface area contributed by atoms with Crippen molar-refractivity contribution >= 4 is 51.8 Å². The number of nitrogens with one attached hydrogen (secondary N) is 1. The Morgan fingerprint density at radius 2 is 1.96 bits per heavy atom. The van der Waals surface area contributed by atoms with Crippen molar-refractivity contribution in [2.75, 3.05) is 12.3 Å². The van der Waals surface area contributed by atoms with E-state index in [9.17, 15) is 9.59 Å². The SMILES string of the molecule is CC(C)CNC(=O)CSc1nc2ccccc2c(=O)n1-c1ccc(Cl)cc1Cl.